The second-order valence-electron chi connectivity index (χ2n) is 16.1. The first-order valence-electron chi connectivity index (χ1n) is 20.2. The standard InChI is InChI=1S/C43H43FN10O5/c44-33-23-51(28-21-52(22-28)27-8-11-31-32(20-27)43(58)53(42(31)57)35-12-13-36(55)48-41(35)56)19-16-34(33)50-17-14-26(15-18-50)54-40-37(39(45)46-24-47-40)38(49-54)25-6-9-30(10-7-25)59-29-4-2-1-3-5-29/h1-11,20,24,26,28,33-35H,12-19,21-23H2,(H2,45,46,47)(H,48,55,56)/t33-,34-,35?/m0/s1. The van der Waals surface area contributed by atoms with Crippen LogP contribution in [0.3, 0.4) is 0 Å². The summed E-state index contributed by atoms with van der Waals surface area (Å²) in [6, 6.07) is 21.6. The van der Waals surface area contributed by atoms with Crippen molar-refractivity contribution in [1.29, 1.82) is 0 Å². The Labute approximate surface area is 338 Å². The van der Waals surface area contributed by atoms with Crippen LogP contribution in [0.4, 0.5) is 15.9 Å². The molecule has 0 saturated carbocycles. The molecular formula is C43H43FN10O5. The van der Waals surface area contributed by atoms with Gasteiger partial charge in [0.15, 0.2) is 5.65 Å². The first-order chi connectivity index (χ1) is 28.7. The Hall–Kier alpha value is -6.26. The SMILES string of the molecule is Nc1ncnc2c1c(-c1ccc(Oc3ccccc3)cc1)nn2C1CCN([C@H]2CCN(C3CN(c4ccc5c(c4)C(=O)N(C4CCC(=O)NC4=O)C5=O)C3)C[C@@H]2F)CC1. The Kier molecular flexibility index (Phi) is 9.32. The van der Waals surface area contributed by atoms with E-state index in [2.05, 4.69) is 30.0 Å². The van der Waals surface area contributed by atoms with Gasteiger partial charge in [-0.05, 0) is 80.3 Å². The third-order valence-corrected chi connectivity index (χ3v) is 12.6. The first-order valence-corrected chi connectivity index (χ1v) is 20.2. The fourth-order valence-electron chi connectivity index (χ4n) is 9.43. The molecule has 3 atom stereocenters. The number of ether oxygens (including phenoxy) is 1. The predicted molar refractivity (Wildman–Crippen MR) is 216 cm³/mol. The average Bonchev–Trinajstić information content (AvgIpc) is 3.73. The van der Waals surface area contributed by atoms with E-state index in [9.17, 15) is 19.2 Å². The second-order valence-corrected chi connectivity index (χ2v) is 16.1. The van der Waals surface area contributed by atoms with Gasteiger partial charge in [-0.2, -0.15) is 5.10 Å². The van der Waals surface area contributed by atoms with E-state index in [-0.39, 0.29) is 42.1 Å². The fourth-order valence-corrected chi connectivity index (χ4v) is 9.43. The molecule has 302 valence electrons. The summed E-state index contributed by atoms with van der Waals surface area (Å²) >= 11 is 0. The van der Waals surface area contributed by atoms with Gasteiger partial charge in [0.1, 0.15) is 41.6 Å². The Morgan fingerprint density at radius 3 is 2.24 bits per heavy atom. The topological polar surface area (TPSA) is 172 Å². The summed E-state index contributed by atoms with van der Waals surface area (Å²) in [6.07, 6.45) is 3.00. The van der Waals surface area contributed by atoms with Crippen LogP contribution < -0.4 is 20.7 Å². The van der Waals surface area contributed by atoms with E-state index in [0.29, 0.717) is 47.9 Å². The van der Waals surface area contributed by atoms with Crippen molar-refractivity contribution in [3.8, 4) is 22.8 Å². The van der Waals surface area contributed by atoms with Crippen LogP contribution in [0.15, 0.2) is 79.1 Å². The Morgan fingerprint density at radius 2 is 1.49 bits per heavy atom. The number of nitrogens with two attached hydrogens (primary N) is 1. The van der Waals surface area contributed by atoms with Crippen LogP contribution in [0.25, 0.3) is 22.3 Å². The van der Waals surface area contributed by atoms with Crippen molar-refractivity contribution < 1.29 is 28.3 Å². The Morgan fingerprint density at radius 1 is 0.763 bits per heavy atom. The van der Waals surface area contributed by atoms with Crippen LogP contribution in [-0.4, -0.2) is 122 Å². The van der Waals surface area contributed by atoms with Crippen molar-refractivity contribution in [2.45, 2.75) is 62.4 Å². The molecule has 0 bridgehead atoms. The maximum Gasteiger partial charge on any atom is 0.262 e. The molecule has 59 heavy (non-hydrogen) atoms. The number of anilines is 2. The van der Waals surface area contributed by atoms with Gasteiger partial charge in [-0.1, -0.05) is 18.2 Å². The zero-order valence-corrected chi connectivity index (χ0v) is 32.2. The van der Waals surface area contributed by atoms with Crippen LogP contribution in [-0.2, 0) is 9.59 Å². The quantitative estimate of drug-likeness (QED) is 0.215. The van der Waals surface area contributed by atoms with E-state index < -0.39 is 35.8 Å². The number of nitrogens with zero attached hydrogens (tertiary/aromatic N) is 8. The number of likely N-dealkylation sites (tertiary alicyclic amines) is 2. The summed E-state index contributed by atoms with van der Waals surface area (Å²) in [5.41, 5.74) is 10.0. The molecule has 1 unspecified atom stereocenters. The van der Waals surface area contributed by atoms with Gasteiger partial charge in [0.05, 0.1) is 22.6 Å². The van der Waals surface area contributed by atoms with Gasteiger partial charge >= 0.3 is 0 Å². The monoisotopic (exact) mass is 798 g/mol. The normalized spacial score (nSPS) is 23.4. The highest BCUT2D eigenvalue weighted by atomic mass is 19.1. The average molecular weight is 799 g/mol. The zero-order valence-electron chi connectivity index (χ0n) is 32.2. The molecule has 5 aliphatic rings. The van der Waals surface area contributed by atoms with E-state index in [1.165, 1.54) is 6.33 Å². The van der Waals surface area contributed by atoms with Gasteiger partial charge < -0.3 is 15.4 Å². The summed E-state index contributed by atoms with van der Waals surface area (Å²) in [5.74, 6) is -0.250. The maximum absolute atomic E-state index is 16.0. The molecule has 5 aliphatic heterocycles. The fraction of sp³-hybridized carbons (Fsp3) is 0.372. The second kappa shape index (κ2) is 14.8. The Balaban J connectivity index is 0.745. The van der Waals surface area contributed by atoms with E-state index in [0.717, 1.165) is 60.8 Å². The number of piperidine rings is 3. The molecule has 4 amide bonds. The van der Waals surface area contributed by atoms with Gasteiger partial charge in [-0.3, -0.25) is 39.2 Å². The number of fused-ring (bicyclic) bond motifs is 2. The molecule has 5 aromatic rings. The van der Waals surface area contributed by atoms with Crippen LogP contribution in [0.1, 0.15) is 58.9 Å². The highest BCUT2D eigenvalue weighted by Gasteiger charge is 2.46. The maximum atomic E-state index is 16.0. The summed E-state index contributed by atoms with van der Waals surface area (Å²) in [4.78, 5) is 67.1. The predicted octanol–water partition coefficient (Wildman–Crippen LogP) is 4.21. The lowest BCUT2D eigenvalue weighted by Gasteiger charge is -2.51. The van der Waals surface area contributed by atoms with Gasteiger partial charge in [0.2, 0.25) is 11.8 Å². The lowest BCUT2D eigenvalue weighted by molar-refractivity contribution is -0.136. The molecule has 3 N–H and O–H groups in total. The van der Waals surface area contributed by atoms with Crippen LogP contribution in [0, 0.1) is 0 Å². The number of carbonyl (C=O) groups excluding carboxylic acids is 4. The summed E-state index contributed by atoms with van der Waals surface area (Å²) in [7, 11) is 0. The minimum atomic E-state index is -1.00. The number of hydrogen-bond donors (Lipinski definition) is 2. The number of imide groups is 2. The van der Waals surface area contributed by atoms with Gasteiger partial charge in [-0.25, -0.2) is 19.0 Å². The highest BCUT2D eigenvalue weighted by molar-refractivity contribution is 6.23. The van der Waals surface area contributed by atoms with Crippen LogP contribution >= 0.6 is 0 Å². The molecule has 4 fully saturated rings. The molecule has 10 rings (SSSR count). The third-order valence-electron chi connectivity index (χ3n) is 12.6. The number of carbonyl (C=O) groups is 4. The smallest absolute Gasteiger partial charge is 0.262 e. The summed E-state index contributed by atoms with van der Waals surface area (Å²) in [5, 5.41) is 8.01. The third kappa shape index (κ3) is 6.65. The van der Waals surface area contributed by atoms with Crippen molar-refractivity contribution in [1.82, 2.24) is 39.8 Å². The number of rotatable bonds is 8. The summed E-state index contributed by atoms with van der Waals surface area (Å²) in [6.45, 7) is 4.01. The van der Waals surface area contributed by atoms with Crippen molar-refractivity contribution in [2.75, 3.05) is 49.9 Å². The number of nitrogen functional groups attached to an aromatic ring is 1. The highest BCUT2D eigenvalue weighted by Crippen LogP contribution is 2.37. The minimum Gasteiger partial charge on any atom is -0.457 e. The number of nitrogens with one attached hydrogen (secondary N) is 1. The van der Waals surface area contributed by atoms with E-state index in [1.807, 2.05) is 65.3 Å². The largest absolute Gasteiger partial charge is 0.457 e. The van der Waals surface area contributed by atoms with E-state index in [4.69, 9.17) is 15.6 Å². The number of halogens is 1. The molecule has 7 heterocycles. The lowest BCUT2D eigenvalue weighted by atomic mass is 9.94. The number of para-hydroxylation sites is 1. The molecule has 0 radical (unpaired) electrons. The molecular weight excluding hydrogens is 756 g/mol. The van der Waals surface area contributed by atoms with Crippen molar-refractivity contribution in [3.63, 3.8) is 0 Å². The number of benzene rings is 3. The zero-order chi connectivity index (χ0) is 40.4. The molecule has 16 heteroatoms. The van der Waals surface area contributed by atoms with Crippen molar-refractivity contribution >= 4 is 46.2 Å². The number of aromatic nitrogens is 4. The van der Waals surface area contributed by atoms with Crippen molar-refractivity contribution in [3.05, 3.63) is 90.3 Å². The number of hydrogen-bond acceptors (Lipinski definition) is 12. The van der Waals surface area contributed by atoms with Gasteiger partial charge in [0.25, 0.3) is 11.8 Å². The van der Waals surface area contributed by atoms with Crippen LogP contribution in [0.2, 0.25) is 0 Å². The van der Waals surface area contributed by atoms with E-state index in [1.54, 1.807) is 12.1 Å². The Bertz CT molecular complexity index is 2470. The lowest BCUT2D eigenvalue weighted by Crippen LogP contribution is -2.64. The number of amides is 4. The molecule has 0 aliphatic carbocycles. The van der Waals surface area contributed by atoms with E-state index >= 15 is 4.39 Å². The minimum absolute atomic E-state index is 0.0702. The van der Waals surface area contributed by atoms with Gasteiger partial charge in [-0.15, -0.1) is 0 Å². The molecule has 0 spiro atoms. The van der Waals surface area contributed by atoms with Crippen molar-refractivity contribution in [2.24, 2.45) is 0 Å². The molecule has 15 nitrogen and oxygen atoms in total. The molecule has 3 aromatic carbocycles. The summed E-state index contributed by atoms with van der Waals surface area (Å²) < 4.78 is 24.0. The van der Waals surface area contributed by atoms with Gasteiger partial charge in [0, 0.05) is 69.0 Å². The van der Waals surface area contributed by atoms with Crippen LogP contribution in [0.5, 0.6) is 11.5 Å². The molecule has 4 saturated heterocycles. The molecule has 2 aromatic heterocycles. The first kappa shape index (κ1) is 37.0. The number of alkyl halides is 1.